The van der Waals surface area contributed by atoms with Crippen LogP contribution in [0.4, 0.5) is 4.39 Å². The van der Waals surface area contributed by atoms with Crippen LogP contribution in [0.3, 0.4) is 0 Å². The zero-order valence-corrected chi connectivity index (χ0v) is 13.7. The summed E-state index contributed by atoms with van der Waals surface area (Å²) in [5.41, 5.74) is 2.10. The lowest BCUT2D eigenvalue weighted by Crippen LogP contribution is -2.30. The number of rotatable bonds is 6. The highest BCUT2D eigenvalue weighted by Crippen LogP contribution is 2.21. The summed E-state index contributed by atoms with van der Waals surface area (Å²) >= 11 is 7.41. The predicted octanol–water partition coefficient (Wildman–Crippen LogP) is 4.23. The first kappa shape index (κ1) is 16.4. The van der Waals surface area contributed by atoms with E-state index in [1.807, 2.05) is 6.07 Å². The van der Waals surface area contributed by atoms with Crippen molar-refractivity contribution >= 4 is 22.9 Å². The Hall–Kier alpha value is -0.940. The van der Waals surface area contributed by atoms with E-state index in [-0.39, 0.29) is 5.02 Å². The lowest BCUT2D eigenvalue weighted by Gasteiger charge is -2.23. The van der Waals surface area contributed by atoms with Gasteiger partial charge < -0.3 is 5.11 Å². The van der Waals surface area contributed by atoms with Crippen LogP contribution in [0.2, 0.25) is 5.02 Å². The lowest BCUT2D eigenvalue weighted by atomic mass is 10.2. The molecule has 2 nitrogen and oxygen atoms in total. The van der Waals surface area contributed by atoms with Gasteiger partial charge in [-0.2, -0.15) is 0 Å². The second-order valence-electron chi connectivity index (χ2n) is 5.29. The highest BCUT2D eigenvalue weighted by atomic mass is 35.5. The van der Waals surface area contributed by atoms with Crippen LogP contribution in [0, 0.1) is 12.7 Å². The Morgan fingerprint density at radius 3 is 2.67 bits per heavy atom. The fourth-order valence-electron chi connectivity index (χ4n) is 2.22. The highest BCUT2D eigenvalue weighted by Gasteiger charge is 2.13. The molecule has 5 heteroatoms. The molecule has 1 aromatic heterocycles. The van der Waals surface area contributed by atoms with Gasteiger partial charge in [-0.05, 0) is 48.6 Å². The van der Waals surface area contributed by atoms with Gasteiger partial charge >= 0.3 is 0 Å². The number of aryl methyl sites for hydroxylation is 1. The molecular formula is C16H19ClFNOS. The lowest BCUT2D eigenvalue weighted by molar-refractivity contribution is 0.118. The van der Waals surface area contributed by atoms with Crippen LogP contribution in [0.5, 0.6) is 0 Å². The van der Waals surface area contributed by atoms with Crippen molar-refractivity contribution in [2.45, 2.75) is 33.0 Å². The molecule has 0 aliphatic heterocycles. The molecule has 21 heavy (non-hydrogen) atoms. The van der Waals surface area contributed by atoms with Crippen LogP contribution in [0.15, 0.2) is 29.6 Å². The van der Waals surface area contributed by atoms with E-state index < -0.39 is 11.9 Å². The molecule has 1 N–H and O–H groups in total. The molecular weight excluding hydrogens is 309 g/mol. The van der Waals surface area contributed by atoms with Gasteiger partial charge in [-0.25, -0.2) is 4.39 Å². The molecule has 0 saturated heterocycles. The molecule has 1 atom stereocenters. The molecule has 0 saturated carbocycles. The van der Waals surface area contributed by atoms with E-state index >= 15 is 0 Å². The Balaban J connectivity index is 2.12. The van der Waals surface area contributed by atoms with Crippen molar-refractivity contribution in [2.75, 3.05) is 6.54 Å². The Kier molecular flexibility index (Phi) is 5.76. The number of halogens is 2. The zero-order chi connectivity index (χ0) is 15.4. The first-order valence-corrected chi connectivity index (χ1v) is 8.09. The maximum atomic E-state index is 13.5. The van der Waals surface area contributed by atoms with E-state index in [9.17, 15) is 9.50 Å². The summed E-state index contributed by atoms with van der Waals surface area (Å²) in [6.45, 7) is 5.71. The number of benzene rings is 1. The molecule has 0 fully saturated rings. The standard InChI is InChI=1S/C16H19ClFNOS/c1-11-5-6-21-16(11)10-19(8-12(2)20)9-13-3-4-14(17)15(18)7-13/h3-7,12,20H,8-10H2,1-2H3. The van der Waals surface area contributed by atoms with Gasteiger partial charge in [0.25, 0.3) is 0 Å². The Morgan fingerprint density at radius 2 is 2.10 bits per heavy atom. The quantitative estimate of drug-likeness (QED) is 0.858. The molecule has 1 heterocycles. The first-order chi connectivity index (χ1) is 9.95. The van der Waals surface area contributed by atoms with E-state index in [1.54, 1.807) is 24.3 Å². The van der Waals surface area contributed by atoms with Crippen molar-refractivity contribution in [3.05, 3.63) is 56.5 Å². The molecule has 0 amide bonds. The Bertz CT molecular complexity index is 600. The number of thiophene rings is 1. The fraction of sp³-hybridized carbons (Fsp3) is 0.375. The van der Waals surface area contributed by atoms with Crippen LogP contribution in [0.25, 0.3) is 0 Å². The Morgan fingerprint density at radius 1 is 1.33 bits per heavy atom. The van der Waals surface area contributed by atoms with Crippen LogP contribution in [-0.4, -0.2) is 22.7 Å². The summed E-state index contributed by atoms with van der Waals surface area (Å²) in [5, 5.41) is 11.9. The third kappa shape index (κ3) is 4.78. The van der Waals surface area contributed by atoms with E-state index in [4.69, 9.17) is 11.6 Å². The van der Waals surface area contributed by atoms with Crippen molar-refractivity contribution in [3.63, 3.8) is 0 Å². The van der Waals surface area contributed by atoms with Crippen LogP contribution in [-0.2, 0) is 13.1 Å². The summed E-state index contributed by atoms with van der Waals surface area (Å²) in [7, 11) is 0. The third-order valence-electron chi connectivity index (χ3n) is 3.25. The molecule has 0 bridgehead atoms. The highest BCUT2D eigenvalue weighted by molar-refractivity contribution is 7.10. The minimum atomic E-state index is -0.428. The summed E-state index contributed by atoms with van der Waals surface area (Å²) in [5.74, 6) is -0.404. The number of hydrogen-bond donors (Lipinski definition) is 1. The molecule has 1 aromatic carbocycles. The van der Waals surface area contributed by atoms with Gasteiger partial charge in [0.15, 0.2) is 0 Å². The normalized spacial score (nSPS) is 12.9. The molecule has 2 aromatic rings. The van der Waals surface area contributed by atoms with Gasteiger partial charge in [-0.15, -0.1) is 11.3 Å². The molecule has 0 aliphatic carbocycles. The van der Waals surface area contributed by atoms with Crippen molar-refractivity contribution < 1.29 is 9.50 Å². The number of nitrogens with zero attached hydrogens (tertiary/aromatic N) is 1. The van der Waals surface area contributed by atoms with Crippen molar-refractivity contribution in [1.82, 2.24) is 4.90 Å². The predicted molar refractivity (Wildman–Crippen MR) is 86.3 cm³/mol. The van der Waals surface area contributed by atoms with Crippen molar-refractivity contribution in [3.8, 4) is 0 Å². The van der Waals surface area contributed by atoms with E-state index in [0.29, 0.717) is 13.1 Å². The topological polar surface area (TPSA) is 23.5 Å². The summed E-state index contributed by atoms with van der Waals surface area (Å²) < 4.78 is 13.5. The smallest absolute Gasteiger partial charge is 0.142 e. The SMILES string of the molecule is Cc1ccsc1CN(Cc1ccc(Cl)c(F)c1)CC(C)O. The minimum absolute atomic E-state index is 0.134. The molecule has 0 aliphatic rings. The average molecular weight is 328 g/mol. The van der Waals surface area contributed by atoms with E-state index in [0.717, 1.165) is 12.1 Å². The van der Waals surface area contributed by atoms with E-state index in [1.165, 1.54) is 16.5 Å². The third-order valence-corrected chi connectivity index (χ3v) is 4.56. The molecule has 1 unspecified atom stereocenters. The second-order valence-corrected chi connectivity index (χ2v) is 6.70. The number of aliphatic hydroxyl groups is 1. The summed E-state index contributed by atoms with van der Waals surface area (Å²) in [6, 6.07) is 6.94. The second kappa shape index (κ2) is 7.36. The van der Waals surface area contributed by atoms with Gasteiger partial charge in [0.1, 0.15) is 5.82 Å². The van der Waals surface area contributed by atoms with Gasteiger partial charge in [0.2, 0.25) is 0 Å². The van der Waals surface area contributed by atoms with Gasteiger partial charge in [-0.3, -0.25) is 4.90 Å². The Labute approximate surface area is 133 Å². The summed E-state index contributed by atoms with van der Waals surface area (Å²) in [4.78, 5) is 3.39. The van der Waals surface area contributed by atoms with Crippen molar-refractivity contribution in [1.29, 1.82) is 0 Å². The molecule has 0 radical (unpaired) electrons. The average Bonchev–Trinajstić information content (AvgIpc) is 2.79. The van der Waals surface area contributed by atoms with Crippen LogP contribution >= 0.6 is 22.9 Å². The maximum absolute atomic E-state index is 13.5. The zero-order valence-electron chi connectivity index (χ0n) is 12.1. The largest absolute Gasteiger partial charge is 0.392 e. The number of aliphatic hydroxyl groups excluding tert-OH is 1. The monoisotopic (exact) mass is 327 g/mol. The number of hydrogen-bond acceptors (Lipinski definition) is 3. The molecule has 2 rings (SSSR count). The van der Waals surface area contributed by atoms with Gasteiger partial charge in [0, 0.05) is 24.5 Å². The van der Waals surface area contributed by atoms with Gasteiger partial charge in [-0.1, -0.05) is 17.7 Å². The summed E-state index contributed by atoms with van der Waals surface area (Å²) in [6.07, 6.45) is -0.428. The van der Waals surface area contributed by atoms with Crippen LogP contribution in [0.1, 0.15) is 22.9 Å². The first-order valence-electron chi connectivity index (χ1n) is 6.83. The molecule has 0 spiro atoms. The molecule has 114 valence electrons. The van der Waals surface area contributed by atoms with Gasteiger partial charge in [0.05, 0.1) is 11.1 Å². The fourth-order valence-corrected chi connectivity index (χ4v) is 3.29. The minimum Gasteiger partial charge on any atom is -0.392 e. The van der Waals surface area contributed by atoms with Crippen molar-refractivity contribution in [2.24, 2.45) is 0 Å². The van der Waals surface area contributed by atoms with E-state index in [2.05, 4.69) is 23.3 Å². The van der Waals surface area contributed by atoms with Crippen LogP contribution < -0.4 is 0 Å². The maximum Gasteiger partial charge on any atom is 0.142 e.